The van der Waals surface area contributed by atoms with E-state index in [-0.39, 0.29) is 0 Å². The number of ether oxygens (including phenoxy) is 1. The second kappa shape index (κ2) is 3.77. The van der Waals surface area contributed by atoms with Crippen molar-refractivity contribution < 1.29 is 9.84 Å². The van der Waals surface area contributed by atoms with Crippen LogP contribution in [0.4, 0.5) is 0 Å². The molecule has 0 amide bonds. The topological polar surface area (TPSA) is 29.5 Å². The van der Waals surface area contributed by atoms with Gasteiger partial charge in [0.1, 0.15) is 5.75 Å². The zero-order chi connectivity index (χ0) is 11.9. The molecule has 2 heteroatoms. The summed E-state index contributed by atoms with van der Waals surface area (Å²) in [6, 6.07) is 4.11. The number of benzene rings is 1. The van der Waals surface area contributed by atoms with Crippen molar-refractivity contribution in [1.82, 2.24) is 0 Å². The molecule has 0 bridgehead atoms. The van der Waals surface area contributed by atoms with E-state index < -0.39 is 5.60 Å². The monoisotopic (exact) mass is 220 g/mol. The summed E-state index contributed by atoms with van der Waals surface area (Å²) in [4.78, 5) is 0. The Hall–Kier alpha value is -1.02. The highest BCUT2D eigenvalue weighted by Crippen LogP contribution is 2.49. The molecule has 0 saturated heterocycles. The molecule has 1 N–H and O–H groups in total. The van der Waals surface area contributed by atoms with Gasteiger partial charge in [-0.25, -0.2) is 0 Å². The molecule has 88 valence electrons. The Morgan fingerprint density at radius 1 is 1.31 bits per heavy atom. The average molecular weight is 220 g/mol. The van der Waals surface area contributed by atoms with Gasteiger partial charge in [0.2, 0.25) is 0 Å². The van der Waals surface area contributed by atoms with Gasteiger partial charge in [-0.1, -0.05) is 13.0 Å². The molecule has 0 atom stereocenters. The van der Waals surface area contributed by atoms with E-state index in [9.17, 15) is 5.11 Å². The highest BCUT2D eigenvalue weighted by Gasteiger charge is 2.44. The van der Waals surface area contributed by atoms with Crippen LogP contribution in [-0.2, 0) is 5.60 Å². The van der Waals surface area contributed by atoms with E-state index in [1.807, 2.05) is 19.9 Å². The lowest BCUT2D eigenvalue weighted by atomic mass is 9.67. The largest absolute Gasteiger partial charge is 0.496 e. The van der Waals surface area contributed by atoms with Gasteiger partial charge in [-0.3, -0.25) is 0 Å². The van der Waals surface area contributed by atoms with E-state index in [1.54, 1.807) is 7.11 Å². The van der Waals surface area contributed by atoms with E-state index in [0.29, 0.717) is 5.92 Å². The van der Waals surface area contributed by atoms with Crippen LogP contribution in [0.15, 0.2) is 12.1 Å². The van der Waals surface area contributed by atoms with Crippen LogP contribution in [0.3, 0.4) is 0 Å². The second-order valence-electron chi connectivity index (χ2n) is 5.20. The van der Waals surface area contributed by atoms with Crippen LogP contribution in [0, 0.1) is 19.8 Å². The summed E-state index contributed by atoms with van der Waals surface area (Å²) in [6.07, 6.45) is 1.68. The molecular weight excluding hydrogens is 200 g/mol. The van der Waals surface area contributed by atoms with Gasteiger partial charge >= 0.3 is 0 Å². The summed E-state index contributed by atoms with van der Waals surface area (Å²) in [5.41, 5.74) is 2.63. The predicted molar refractivity (Wildman–Crippen MR) is 64.8 cm³/mol. The third-order valence-electron chi connectivity index (χ3n) is 3.50. The molecule has 2 rings (SSSR count). The quantitative estimate of drug-likeness (QED) is 0.830. The van der Waals surface area contributed by atoms with Crippen LogP contribution < -0.4 is 4.74 Å². The minimum atomic E-state index is -0.664. The lowest BCUT2D eigenvalue weighted by molar-refractivity contribution is -0.0756. The maximum Gasteiger partial charge on any atom is 0.125 e. The third kappa shape index (κ3) is 1.71. The highest BCUT2D eigenvalue weighted by atomic mass is 16.5. The van der Waals surface area contributed by atoms with Crippen molar-refractivity contribution in [1.29, 1.82) is 0 Å². The Bertz CT molecular complexity index is 403. The first-order chi connectivity index (χ1) is 7.46. The van der Waals surface area contributed by atoms with Crippen LogP contribution in [0.2, 0.25) is 0 Å². The number of hydrogen-bond acceptors (Lipinski definition) is 2. The molecule has 0 radical (unpaired) electrons. The molecule has 16 heavy (non-hydrogen) atoms. The molecule has 2 nitrogen and oxygen atoms in total. The smallest absolute Gasteiger partial charge is 0.125 e. The Morgan fingerprint density at radius 2 is 1.94 bits per heavy atom. The molecule has 0 aliphatic heterocycles. The Kier molecular flexibility index (Phi) is 2.70. The molecule has 0 aromatic heterocycles. The second-order valence-corrected chi connectivity index (χ2v) is 5.20. The van der Waals surface area contributed by atoms with Crippen LogP contribution in [0.25, 0.3) is 0 Å². The summed E-state index contributed by atoms with van der Waals surface area (Å²) < 4.78 is 5.40. The van der Waals surface area contributed by atoms with Crippen molar-refractivity contribution in [3.8, 4) is 5.75 Å². The molecule has 0 heterocycles. The van der Waals surface area contributed by atoms with Crippen LogP contribution in [0.1, 0.15) is 36.5 Å². The summed E-state index contributed by atoms with van der Waals surface area (Å²) >= 11 is 0. The van der Waals surface area contributed by atoms with Crippen molar-refractivity contribution in [3.63, 3.8) is 0 Å². The van der Waals surface area contributed by atoms with Gasteiger partial charge in [0.15, 0.2) is 0 Å². The first-order valence-corrected chi connectivity index (χ1v) is 5.84. The van der Waals surface area contributed by atoms with Gasteiger partial charge in [-0.2, -0.15) is 0 Å². The highest BCUT2D eigenvalue weighted by molar-refractivity contribution is 5.47. The number of rotatable bonds is 2. The zero-order valence-electron chi connectivity index (χ0n) is 10.5. The normalized spacial score (nSPS) is 28.7. The van der Waals surface area contributed by atoms with E-state index in [1.165, 1.54) is 5.56 Å². The van der Waals surface area contributed by atoms with Crippen LogP contribution >= 0.6 is 0 Å². The predicted octanol–water partition coefficient (Wildman–Crippen LogP) is 2.93. The number of aryl methyl sites for hydroxylation is 2. The molecule has 1 aromatic carbocycles. The van der Waals surface area contributed by atoms with Crippen LogP contribution in [-0.4, -0.2) is 12.2 Å². The van der Waals surface area contributed by atoms with Crippen molar-refractivity contribution in [3.05, 3.63) is 28.8 Å². The first-order valence-electron chi connectivity index (χ1n) is 5.84. The summed E-state index contributed by atoms with van der Waals surface area (Å²) in [6.45, 7) is 6.27. The summed E-state index contributed by atoms with van der Waals surface area (Å²) in [5.74, 6) is 1.43. The molecule has 1 fully saturated rings. The molecule has 0 unspecified atom stereocenters. The van der Waals surface area contributed by atoms with Crippen molar-refractivity contribution in [2.75, 3.05) is 7.11 Å². The zero-order valence-corrected chi connectivity index (χ0v) is 10.5. The third-order valence-corrected chi connectivity index (χ3v) is 3.50. The molecule has 1 aliphatic rings. The van der Waals surface area contributed by atoms with Crippen LogP contribution in [0.5, 0.6) is 5.75 Å². The molecule has 0 spiro atoms. The fourth-order valence-electron chi connectivity index (χ4n) is 2.98. The number of methoxy groups -OCH3 is 1. The van der Waals surface area contributed by atoms with Gasteiger partial charge in [-0.15, -0.1) is 0 Å². The fraction of sp³-hybridized carbons (Fsp3) is 0.571. The van der Waals surface area contributed by atoms with Gasteiger partial charge < -0.3 is 9.84 Å². The lowest BCUT2D eigenvalue weighted by Gasteiger charge is -2.43. The molecule has 1 aliphatic carbocycles. The van der Waals surface area contributed by atoms with E-state index >= 15 is 0 Å². The first kappa shape index (κ1) is 11.5. The minimum absolute atomic E-state index is 0.607. The van der Waals surface area contributed by atoms with E-state index in [4.69, 9.17) is 4.74 Å². The maximum atomic E-state index is 10.6. The van der Waals surface area contributed by atoms with E-state index in [0.717, 1.165) is 29.7 Å². The lowest BCUT2D eigenvalue weighted by Crippen LogP contribution is -2.40. The molecular formula is C14H20O2. The molecule has 1 aromatic rings. The average Bonchev–Trinajstić information content (AvgIpc) is 2.13. The fourth-order valence-corrected chi connectivity index (χ4v) is 2.98. The van der Waals surface area contributed by atoms with Gasteiger partial charge in [0, 0.05) is 5.56 Å². The SMILES string of the molecule is COc1cc(C)cc(C)c1C1(O)CC(C)C1. The minimum Gasteiger partial charge on any atom is -0.496 e. The number of aliphatic hydroxyl groups is 1. The maximum absolute atomic E-state index is 10.6. The Balaban J connectivity index is 2.47. The summed E-state index contributed by atoms with van der Waals surface area (Å²) in [5, 5.41) is 10.6. The molecule has 1 saturated carbocycles. The van der Waals surface area contributed by atoms with Crippen molar-refractivity contribution in [2.24, 2.45) is 5.92 Å². The Labute approximate surface area is 97.3 Å². The van der Waals surface area contributed by atoms with Crippen molar-refractivity contribution >= 4 is 0 Å². The Morgan fingerprint density at radius 3 is 2.44 bits per heavy atom. The number of hydrogen-bond donors (Lipinski definition) is 1. The van der Waals surface area contributed by atoms with Crippen molar-refractivity contribution in [2.45, 2.75) is 39.2 Å². The van der Waals surface area contributed by atoms with E-state index in [2.05, 4.69) is 13.0 Å². The van der Waals surface area contributed by atoms with Gasteiger partial charge in [0.25, 0.3) is 0 Å². The summed E-state index contributed by atoms with van der Waals surface area (Å²) in [7, 11) is 1.67. The van der Waals surface area contributed by atoms with Gasteiger partial charge in [-0.05, 0) is 49.8 Å². The standard InChI is InChI=1S/C14H20O2/c1-9-5-11(3)13(12(6-9)16-4)14(15)7-10(2)8-14/h5-6,10,15H,7-8H2,1-4H3. The van der Waals surface area contributed by atoms with Gasteiger partial charge in [0.05, 0.1) is 12.7 Å².